The third kappa shape index (κ3) is 5.01. The zero-order chi connectivity index (χ0) is 9.61. The van der Waals surface area contributed by atoms with Gasteiger partial charge in [-0.1, -0.05) is 6.92 Å². The Kier molecular flexibility index (Phi) is 4.73. The molecule has 0 saturated heterocycles. The van der Waals surface area contributed by atoms with Crippen molar-refractivity contribution in [3.8, 4) is 0 Å². The normalized spacial score (nSPS) is 11.3. The Morgan fingerprint density at radius 2 is 2.17 bits per heavy atom. The Morgan fingerprint density at radius 3 is 2.58 bits per heavy atom. The number of nitrogens with two attached hydrogens (primary N) is 1. The number of alkyl halides is 2. The van der Waals surface area contributed by atoms with Gasteiger partial charge in [0.25, 0.3) is 0 Å². The van der Waals surface area contributed by atoms with Crippen molar-refractivity contribution in [2.75, 3.05) is 6.73 Å². The fourth-order valence-corrected chi connectivity index (χ4v) is 0.627. The molecule has 0 aromatic rings. The van der Waals surface area contributed by atoms with Gasteiger partial charge in [-0.3, -0.25) is 10.5 Å². The first-order valence-corrected chi connectivity index (χ1v) is 3.75. The van der Waals surface area contributed by atoms with Crippen LogP contribution in [0.1, 0.15) is 26.2 Å². The Hall–Kier alpha value is -0.710. The van der Waals surface area contributed by atoms with Crippen LogP contribution in [0.5, 0.6) is 0 Å². The van der Waals surface area contributed by atoms with E-state index in [0.29, 0.717) is 0 Å². The zero-order valence-electron chi connectivity index (χ0n) is 6.98. The monoisotopic (exact) mass is 181 g/mol. The highest BCUT2D eigenvalue weighted by Gasteiger charge is 2.26. The lowest BCUT2D eigenvalue weighted by molar-refractivity contribution is -0.145. The summed E-state index contributed by atoms with van der Waals surface area (Å²) in [5, 5.41) is 0. The van der Waals surface area contributed by atoms with Gasteiger partial charge in [-0.25, -0.2) is 8.78 Å². The predicted octanol–water partition coefficient (Wildman–Crippen LogP) is 1.27. The van der Waals surface area contributed by atoms with E-state index in [2.05, 4.69) is 4.74 Å². The smallest absolute Gasteiger partial charge is 0.307 e. The standard InChI is InChI=1S/C7H13F2NO2/c1-2-7(8,9)4-3-6(11)12-5-10/h2-5,10H2,1H3. The molecule has 0 heterocycles. The minimum absolute atomic E-state index is 0.253. The number of esters is 1. The molecular weight excluding hydrogens is 168 g/mol. The van der Waals surface area contributed by atoms with Crippen molar-refractivity contribution in [2.24, 2.45) is 5.73 Å². The molecule has 0 saturated carbocycles. The minimum atomic E-state index is -2.77. The molecule has 0 aromatic heterocycles. The van der Waals surface area contributed by atoms with Gasteiger partial charge < -0.3 is 4.74 Å². The topological polar surface area (TPSA) is 52.3 Å². The molecule has 0 bridgehead atoms. The number of ether oxygens (including phenoxy) is 1. The van der Waals surface area contributed by atoms with Crippen LogP contribution in [0.4, 0.5) is 8.78 Å². The van der Waals surface area contributed by atoms with Crippen LogP contribution >= 0.6 is 0 Å². The second-order valence-corrected chi connectivity index (χ2v) is 2.39. The summed E-state index contributed by atoms with van der Waals surface area (Å²) >= 11 is 0. The van der Waals surface area contributed by atoms with E-state index in [1.807, 2.05) is 0 Å². The molecule has 0 aliphatic heterocycles. The highest BCUT2D eigenvalue weighted by Crippen LogP contribution is 2.23. The Bertz CT molecular complexity index is 150. The fraction of sp³-hybridized carbons (Fsp3) is 0.857. The van der Waals surface area contributed by atoms with Crippen molar-refractivity contribution in [3.05, 3.63) is 0 Å². The Balaban J connectivity index is 3.60. The highest BCUT2D eigenvalue weighted by atomic mass is 19.3. The van der Waals surface area contributed by atoms with Gasteiger partial charge in [0.15, 0.2) is 0 Å². The molecule has 0 aliphatic carbocycles. The molecule has 72 valence electrons. The van der Waals surface area contributed by atoms with Gasteiger partial charge in [-0.2, -0.15) is 0 Å². The summed E-state index contributed by atoms with van der Waals surface area (Å²) in [7, 11) is 0. The molecule has 0 spiro atoms. The third-order valence-electron chi connectivity index (χ3n) is 1.46. The lowest BCUT2D eigenvalue weighted by Gasteiger charge is -2.12. The predicted molar refractivity (Wildman–Crippen MR) is 39.6 cm³/mol. The lowest BCUT2D eigenvalue weighted by Crippen LogP contribution is -2.18. The number of carbonyl (C=O) groups is 1. The number of halogens is 2. The molecule has 12 heavy (non-hydrogen) atoms. The van der Waals surface area contributed by atoms with E-state index in [1.54, 1.807) is 0 Å². The molecule has 2 N–H and O–H groups in total. The maximum absolute atomic E-state index is 12.5. The molecule has 3 nitrogen and oxygen atoms in total. The first-order valence-electron chi connectivity index (χ1n) is 3.75. The second kappa shape index (κ2) is 5.03. The number of hydrogen-bond acceptors (Lipinski definition) is 3. The van der Waals surface area contributed by atoms with Crippen molar-refractivity contribution >= 4 is 5.97 Å². The largest absolute Gasteiger partial charge is 0.450 e. The molecule has 0 unspecified atom stereocenters. The van der Waals surface area contributed by atoms with Crippen LogP contribution in [0.2, 0.25) is 0 Å². The summed E-state index contributed by atoms with van der Waals surface area (Å²) in [6, 6.07) is 0. The molecule has 0 rings (SSSR count). The SMILES string of the molecule is CCC(F)(F)CCC(=O)OCN. The summed E-state index contributed by atoms with van der Waals surface area (Å²) in [6.07, 6.45) is -1.01. The molecular formula is C7H13F2NO2. The third-order valence-corrected chi connectivity index (χ3v) is 1.46. The van der Waals surface area contributed by atoms with Gasteiger partial charge >= 0.3 is 5.97 Å². The molecule has 0 radical (unpaired) electrons. The van der Waals surface area contributed by atoms with Crippen molar-refractivity contribution in [1.82, 2.24) is 0 Å². The maximum atomic E-state index is 12.5. The van der Waals surface area contributed by atoms with E-state index in [1.165, 1.54) is 6.92 Å². The van der Waals surface area contributed by atoms with Crippen LogP contribution in [-0.2, 0) is 9.53 Å². The molecule has 5 heteroatoms. The van der Waals surface area contributed by atoms with Crippen molar-refractivity contribution in [2.45, 2.75) is 32.1 Å². The van der Waals surface area contributed by atoms with Crippen LogP contribution in [0.25, 0.3) is 0 Å². The lowest BCUT2D eigenvalue weighted by atomic mass is 10.1. The van der Waals surface area contributed by atoms with Gasteiger partial charge in [0.1, 0.15) is 6.73 Å². The average molecular weight is 181 g/mol. The van der Waals surface area contributed by atoms with Gasteiger partial charge in [0, 0.05) is 12.8 Å². The average Bonchev–Trinajstić information content (AvgIpc) is 2.02. The summed E-state index contributed by atoms with van der Waals surface area (Å²) < 4.78 is 29.3. The number of carbonyl (C=O) groups excluding carboxylic acids is 1. The van der Waals surface area contributed by atoms with Crippen LogP contribution in [0, 0.1) is 0 Å². The van der Waals surface area contributed by atoms with Crippen molar-refractivity contribution in [3.63, 3.8) is 0 Å². The highest BCUT2D eigenvalue weighted by molar-refractivity contribution is 5.69. The maximum Gasteiger partial charge on any atom is 0.307 e. The van der Waals surface area contributed by atoms with Crippen LogP contribution in [-0.4, -0.2) is 18.6 Å². The van der Waals surface area contributed by atoms with Crippen molar-refractivity contribution in [1.29, 1.82) is 0 Å². The second-order valence-electron chi connectivity index (χ2n) is 2.39. The van der Waals surface area contributed by atoms with E-state index < -0.39 is 18.3 Å². The Labute approximate surface area is 69.9 Å². The molecule has 0 atom stereocenters. The van der Waals surface area contributed by atoms with Gasteiger partial charge in [0.2, 0.25) is 5.92 Å². The van der Waals surface area contributed by atoms with Gasteiger partial charge in [-0.15, -0.1) is 0 Å². The van der Waals surface area contributed by atoms with E-state index >= 15 is 0 Å². The van der Waals surface area contributed by atoms with Crippen LogP contribution < -0.4 is 5.73 Å². The van der Waals surface area contributed by atoms with E-state index in [9.17, 15) is 13.6 Å². The first kappa shape index (κ1) is 11.3. The summed E-state index contributed by atoms with van der Waals surface area (Å²) in [4.78, 5) is 10.6. The van der Waals surface area contributed by atoms with E-state index in [4.69, 9.17) is 5.73 Å². The molecule has 0 amide bonds. The zero-order valence-corrected chi connectivity index (χ0v) is 6.98. The quantitative estimate of drug-likeness (QED) is 0.513. The van der Waals surface area contributed by atoms with Gasteiger partial charge in [0.05, 0.1) is 6.42 Å². The van der Waals surface area contributed by atoms with Crippen LogP contribution in [0.15, 0.2) is 0 Å². The van der Waals surface area contributed by atoms with Gasteiger partial charge in [-0.05, 0) is 0 Å². The fourth-order valence-electron chi connectivity index (χ4n) is 0.627. The van der Waals surface area contributed by atoms with Crippen LogP contribution in [0.3, 0.4) is 0 Å². The number of rotatable bonds is 5. The van der Waals surface area contributed by atoms with E-state index in [0.717, 1.165) is 0 Å². The first-order chi connectivity index (χ1) is 5.52. The number of hydrogen-bond donors (Lipinski definition) is 1. The van der Waals surface area contributed by atoms with Crippen molar-refractivity contribution < 1.29 is 18.3 Å². The summed E-state index contributed by atoms with van der Waals surface area (Å²) in [5.74, 6) is -3.45. The van der Waals surface area contributed by atoms with E-state index in [-0.39, 0.29) is 19.6 Å². The summed E-state index contributed by atoms with van der Waals surface area (Å²) in [6.45, 7) is 1.12. The minimum Gasteiger partial charge on any atom is -0.450 e. The Morgan fingerprint density at radius 1 is 1.58 bits per heavy atom. The molecule has 0 fully saturated rings. The molecule has 0 aromatic carbocycles. The molecule has 0 aliphatic rings. The summed E-state index contributed by atoms with van der Waals surface area (Å²) in [5.41, 5.74) is 4.87.